The summed E-state index contributed by atoms with van der Waals surface area (Å²) in [4.78, 5) is 20.0. The lowest BCUT2D eigenvalue weighted by molar-refractivity contribution is -0.133. The molecule has 7 nitrogen and oxygen atoms in total. The molecule has 3 aliphatic heterocycles. The van der Waals surface area contributed by atoms with Crippen LogP contribution in [0, 0.1) is 0 Å². The molecule has 7 heteroatoms. The second-order valence-corrected chi connectivity index (χ2v) is 10.2. The predicted molar refractivity (Wildman–Crippen MR) is 139 cm³/mol. The number of nitrogens with zero attached hydrogens (tertiary/aromatic N) is 2. The third kappa shape index (κ3) is 3.71. The summed E-state index contributed by atoms with van der Waals surface area (Å²) >= 11 is 0. The quantitative estimate of drug-likeness (QED) is 0.540. The van der Waals surface area contributed by atoms with Gasteiger partial charge in [-0.1, -0.05) is 36.4 Å². The minimum atomic E-state index is -1.13. The number of benzene rings is 3. The molecule has 0 bridgehead atoms. The van der Waals surface area contributed by atoms with Crippen molar-refractivity contribution in [1.82, 2.24) is 10.2 Å². The van der Waals surface area contributed by atoms with Gasteiger partial charge in [-0.05, 0) is 59.5 Å². The predicted octanol–water partition coefficient (Wildman–Crippen LogP) is 3.77. The van der Waals surface area contributed by atoms with Crippen LogP contribution in [0.15, 0.2) is 71.7 Å². The van der Waals surface area contributed by atoms with E-state index in [2.05, 4.69) is 41.7 Å². The Kier molecular flexibility index (Phi) is 5.09. The van der Waals surface area contributed by atoms with E-state index in [1.54, 1.807) is 14.2 Å². The first kappa shape index (κ1) is 22.6. The van der Waals surface area contributed by atoms with Gasteiger partial charge >= 0.3 is 0 Å². The lowest BCUT2D eigenvalue weighted by Gasteiger charge is -2.43. The number of amides is 1. The van der Waals surface area contributed by atoms with E-state index in [4.69, 9.17) is 20.2 Å². The van der Waals surface area contributed by atoms with Gasteiger partial charge in [-0.15, -0.1) is 0 Å². The van der Waals surface area contributed by atoms with Gasteiger partial charge in [0.25, 0.3) is 5.91 Å². The van der Waals surface area contributed by atoms with Gasteiger partial charge in [-0.2, -0.15) is 0 Å². The lowest BCUT2D eigenvalue weighted by atomic mass is 9.74. The fourth-order valence-corrected chi connectivity index (χ4v) is 5.55. The normalized spacial score (nSPS) is 26.4. The summed E-state index contributed by atoms with van der Waals surface area (Å²) in [6.07, 6.45) is 1.00. The molecule has 1 saturated heterocycles. The average Bonchev–Trinajstić information content (AvgIpc) is 3.71. The van der Waals surface area contributed by atoms with E-state index in [9.17, 15) is 4.79 Å². The number of ether oxygens (including phenoxy) is 2. The molecule has 36 heavy (non-hydrogen) atoms. The molecule has 184 valence electrons. The fourth-order valence-electron chi connectivity index (χ4n) is 5.55. The van der Waals surface area contributed by atoms with Gasteiger partial charge in [0.15, 0.2) is 11.5 Å². The number of hydrogen-bond donors (Lipinski definition) is 2. The van der Waals surface area contributed by atoms with Crippen LogP contribution in [0.1, 0.15) is 36.1 Å². The molecule has 3 aromatic rings. The first-order valence-corrected chi connectivity index (χ1v) is 12.2. The molecule has 3 aromatic carbocycles. The number of rotatable bonds is 5. The van der Waals surface area contributed by atoms with Crippen molar-refractivity contribution in [3.8, 4) is 22.6 Å². The van der Waals surface area contributed by atoms with E-state index in [1.807, 2.05) is 37.3 Å². The zero-order chi connectivity index (χ0) is 25.1. The number of nitrogens with two attached hydrogens (primary N) is 1. The molecule has 3 unspecified atom stereocenters. The molecule has 3 N–H and O–H groups in total. The van der Waals surface area contributed by atoms with E-state index < -0.39 is 11.1 Å². The van der Waals surface area contributed by atoms with Crippen LogP contribution in [0.3, 0.4) is 0 Å². The van der Waals surface area contributed by atoms with Crippen LogP contribution in [0.25, 0.3) is 11.1 Å². The number of likely N-dealkylation sites (N-methyl/N-ethyl adjacent to an activating group) is 1. The summed E-state index contributed by atoms with van der Waals surface area (Å²) < 4.78 is 11.9. The molecular formula is C29H30N4O3. The third-order valence-corrected chi connectivity index (χ3v) is 7.49. The van der Waals surface area contributed by atoms with E-state index in [0.717, 1.165) is 34.5 Å². The fraction of sp³-hybridized carbons (Fsp3) is 0.310. The first-order chi connectivity index (χ1) is 17.3. The zero-order valence-electron chi connectivity index (χ0n) is 20.7. The second kappa shape index (κ2) is 8.10. The maximum Gasteiger partial charge on any atom is 0.261 e. The molecule has 0 saturated carbocycles. The summed E-state index contributed by atoms with van der Waals surface area (Å²) in [6, 6.07) is 22.9. The highest BCUT2D eigenvalue weighted by atomic mass is 16.5. The summed E-state index contributed by atoms with van der Waals surface area (Å²) in [5, 5.41) is 3.36. The molecule has 3 aliphatic rings. The van der Waals surface area contributed by atoms with Gasteiger partial charge in [-0.25, -0.2) is 4.99 Å². The van der Waals surface area contributed by atoms with Crippen LogP contribution >= 0.6 is 0 Å². The number of guanidine groups is 1. The first-order valence-electron chi connectivity index (χ1n) is 12.2. The highest BCUT2D eigenvalue weighted by Gasteiger charge is 2.56. The Morgan fingerprint density at radius 2 is 1.89 bits per heavy atom. The van der Waals surface area contributed by atoms with Crippen molar-refractivity contribution in [1.29, 1.82) is 0 Å². The number of carbonyl (C=O) groups is 1. The highest BCUT2D eigenvalue weighted by molar-refractivity contribution is 6.07. The molecule has 0 radical (unpaired) electrons. The summed E-state index contributed by atoms with van der Waals surface area (Å²) in [6.45, 7) is 3.05. The molecular weight excluding hydrogens is 452 g/mol. The van der Waals surface area contributed by atoms with Crippen molar-refractivity contribution in [2.24, 2.45) is 10.7 Å². The van der Waals surface area contributed by atoms with Gasteiger partial charge in [0.2, 0.25) is 0 Å². The smallest absolute Gasteiger partial charge is 0.261 e. The number of hydrogen-bond acceptors (Lipinski definition) is 6. The van der Waals surface area contributed by atoms with Gasteiger partial charge < -0.3 is 20.5 Å². The number of methoxy groups -OCH3 is 1. The Morgan fingerprint density at radius 1 is 1.14 bits per heavy atom. The molecule has 1 amide bonds. The largest absolute Gasteiger partial charge is 0.497 e. The average molecular weight is 483 g/mol. The minimum Gasteiger partial charge on any atom is -0.497 e. The van der Waals surface area contributed by atoms with Crippen LogP contribution in [-0.2, 0) is 16.8 Å². The standard InChI is InChI=1S/C29H30N4O3/c1-28(15-18-7-10-22(35-3)11-8-18)17-29(26(34)33(2)27(30)32-29)23-14-20(9-12-25(23)36-28)19-5-4-6-21(13-19)24-16-31-24/h4-14,24,31H,15-17H2,1-3H3,(H2,30,32). The maximum atomic E-state index is 13.7. The highest BCUT2D eigenvalue weighted by Crippen LogP contribution is 2.50. The Bertz CT molecular complexity index is 1380. The van der Waals surface area contributed by atoms with Crippen LogP contribution in [0.2, 0.25) is 0 Å². The summed E-state index contributed by atoms with van der Waals surface area (Å²) in [5.41, 5.74) is 9.66. The molecule has 0 aliphatic carbocycles. The minimum absolute atomic E-state index is 0.126. The van der Waals surface area contributed by atoms with Crippen LogP contribution in [-0.4, -0.2) is 43.1 Å². The van der Waals surface area contributed by atoms with E-state index in [1.165, 1.54) is 10.5 Å². The zero-order valence-corrected chi connectivity index (χ0v) is 20.7. The third-order valence-electron chi connectivity index (χ3n) is 7.49. The van der Waals surface area contributed by atoms with Gasteiger partial charge in [0.1, 0.15) is 17.1 Å². The second-order valence-electron chi connectivity index (χ2n) is 10.2. The molecule has 6 rings (SSSR count). The summed E-state index contributed by atoms with van der Waals surface area (Å²) in [7, 11) is 3.33. The monoisotopic (exact) mass is 482 g/mol. The molecule has 1 spiro atoms. The number of nitrogens with one attached hydrogen (secondary N) is 1. The van der Waals surface area contributed by atoms with Gasteiger partial charge in [-0.3, -0.25) is 9.69 Å². The molecule has 1 fully saturated rings. The van der Waals surface area contributed by atoms with Crippen molar-refractivity contribution in [3.63, 3.8) is 0 Å². The topological polar surface area (TPSA) is 99.1 Å². The van der Waals surface area contributed by atoms with Crippen molar-refractivity contribution in [2.45, 2.75) is 36.9 Å². The number of aliphatic imine (C=N–C) groups is 1. The van der Waals surface area contributed by atoms with Crippen LogP contribution in [0.4, 0.5) is 0 Å². The Morgan fingerprint density at radius 3 is 2.56 bits per heavy atom. The van der Waals surface area contributed by atoms with E-state index in [0.29, 0.717) is 24.6 Å². The molecule has 0 aromatic heterocycles. The van der Waals surface area contributed by atoms with E-state index >= 15 is 0 Å². The van der Waals surface area contributed by atoms with Gasteiger partial charge in [0, 0.05) is 38.0 Å². The Hall–Kier alpha value is -3.84. The number of fused-ring (bicyclic) bond motifs is 2. The van der Waals surface area contributed by atoms with Gasteiger partial charge in [0.05, 0.1) is 7.11 Å². The lowest BCUT2D eigenvalue weighted by Crippen LogP contribution is -2.51. The van der Waals surface area contributed by atoms with Crippen molar-refractivity contribution in [3.05, 3.63) is 83.4 Å². The van der Waals surface area contributed by atoms with Crippen LogP contribution < -0.4 is 20.5 Å². The van der Waals surface area contributed by atoms with Crippen molar-refractivity contribution >= 4 is 11.9 Å². The maximum absolute atomic E-state index is 13.7. The SMILES string of the molecule is COc1ccc(CC2(C)CC3(N=C(N)N(C)C3=O)c3cc(-c4cccc(C5CN5)c4)ccc3O2)cc1. The number of carbonyl (C=O) groups excluding carboxylic acids is 1. The Balaban J connectivity index is 1.42. The van der Waals surface area contributed by atoms with Crippen molar-refractivity contribution in [2.75, 3.05) is 20.7 Å². The van der Waals surface area contributed by atoms with Crippen LogP contribution in [0.5, 0.6) is 11.5 Å². The Labute approximate surface area is 210 Å². The van der Waals surface area contributed by atoms with Crippen molar-refractivity contribution < 1.29 is 14.3 Å². The summed E-state index contributed by atoms with van der Waals surface area (Å²) in [5.74, 6) is 1.57. The molecule has 3 atom stereocenters. The van der Waals surface area contributed by atoms with E-state index in [-0.39, 0.29) is 11.9 Å². The molecule has 3 heterocycles.